The van der Waals surface area contributed by atoms with Crippen molar-refractivity contribution in [2.75, 3.05) is 6.54 Å². The highest BCUT2D eigenvalue weighted by Gasteiger charge is 2.29. The summed E-state index contributed by atoms with van der Waals surface area (Å²) in [7, 11) is 0. The number of hydrogen-bond acceptors (Lipinski definition) is 2. The fraction of sp³-hybridized carbons (Fsp3) is 0.769. The van der Waals surface area contributed by atoms with Crippen molar-refractivity contribution in [1.29, 1.82) is 0 Å². The van der Waals surface area contributed by atoms with Gasteiger partial charge in [-0.25, -0.2) is 4.98 Å². The Kier molecular flexibility index (Phi) is 3.64. The normalized spacial score (nSPS) is 19.1. The van der Waals surface area contributed by atoms with Crippen LogP contribution in [0.25, 0.3) is 0 Å². The zero-order valence-corrected chi connectivity index (χ0v) is 10.5. The van der Waals surface area contributed by atoms with Gasteiger partial charge in [-0.1, -0.05) is 26.7 Å². The van der Waals surface area contributed by atoms with Crippen LogP contribution < -0.4 is 5.32 Å². The van der Waals surface area contributed by atoms with Crippen molar-refractivity contribution < 1.29 is 0 Å². The monoisotopic (exact) mass is 221 g/mol. The summed E-state index contributed by atoms with van der Waals surface area (Å²) in [6.07, 6.45) is 9.50. The number of rotatable bonds is 5. The standard InChI is InChI=1S/C13H23N3/c1-3-14-8-12-9-15-11-16(12)10-13(2)6-4-5-7-13/h9,11,14H,3-8,10H2,1-2H3. The average Bonchev–Trinajstić information content (AvgIpc) is 2.86. The fourth-order valence-corrected chi connectivity index (χ4v) is 2.69. The molecule has 16 heavy (non-hydrogen) atoms. The molecule has 0 aromatic carbocycles. The third kappa shape index (κ3) is 2.64. The van der Waals surface area contributed by atoms with Gasteiger partial charge in [-0.15, -0.1) is 0 Å². The van der Waals surface area contributed by atoms with E-state index in [1.165, 1.54) is 31.4 Å². The van der Waals surface area contributed by atoms with E-state index < -0.39 is 0 Å². The maximum absolute atomic E-state index is 4.27. The molecule has 0 spiro atoms. The van der Waals surface area contributed by atoms with Crippen molar-refractivity contribution in [1.82, 2.24) is 14.9 Å². The first-order valence-corrected chi connectivity index (χ1v) is 6.43. The molecule has 0 unspecified atom stereocenters. The van der Waals surface area contributed by atoms with E-state index in [-0.39, 0.29) is 0 Å². The molecule has 3 nitrogen and oxygen atoms in total. The first-order valence-electron chi connectivity index (χ1n) is 6.43. The Balaban J connectivity index is 2.00. The molecular formula is C13H23N3. The van der Waals surface area contributed by atoms with Gasteiger partial charge in [-0.05, 0) is 24.8 Å². The second-order valence-electron chi connectivity index (χ2n) is 5.31. The summed E-state index contributed by atoms with van der Waals surface area (Å²) >= 11 is 0. The number of imidazole rings is 1. The van der Waals surface area contributed by atoms with Gasteiger partial charge in [0.2, 0.25) is 0 Å². The van der Waals surface area contributed by atoms with Crippen LogP contribution in [-0.2, 0) is 13.1 Å². The molecule has 2 rings (SSSR count). The molecule has 90 valence electrons. The minimum absolute atomic E-state index is 0.502. The lowest BCUT2D eigenvalue weighted by atomic mass is 9.89. The van der Waals surface area contributed by atoms with Crippen molar-refractivity contribution >= 4 is 0 Å². The molecule has 0 bridgehead atoms. The molecule has 1 aromatic heterocycles. The summed E-state index contributed by atoms with van der Waals surface area (Å²) in [6, 6.07) is 0. The first-order chi connectivity index (χ1) is 7.73. The van der Waals surface area contributed by atoms with Crippen LogP contribution in [-0.4, -0.2) is 16.1 Å². The van der Waals surface area contributed by atoms with Gasteiger partial charge >= 0.3 is 0 Å². The summed E-state index contributed by atoms with van der Waals surface area (Å²) in [5.74, 6) is 0. The maximum Gasteiger partial charge on any atom is 0.0948 e. The average molecular weight is 221 g/mol. The smallest absolute Gasteiger partial charge is 0.0948 e. The summed E-state index contributed by atoms with van der Waals surface area (Å²) in [4.78, 5) is 4.27. The lowest BCUT2D eigenvalue weighted by molar-refractivity contribution is 0.277. The predicted octanol–water partition coefficient (Wildman–Crippen LogP) is 2.57. The summed E-state index contributed by atoms with van der Waals surface area (Å²) in [6.45, 7) is 7.64. The second kappa shape index (κ2) is 5.00. The highest BCUT2D eigenvalue weighted by molar-refractivity contribution is 4.99. The van der Waals surface area contributed by atoms with Crippen molar-refractivity contribution in [3.05, 3.63) is 18.2 Å². The van der Waals surface area contributed by atoms with Crippen LogP contribution in [0.15, 0.2) is 12.5 Å². The van der Waals surface area contributed by atoms with Gasteiger partial charge in [0, 0.05) is 19.3 Å². The van der Waals surface area contributed by atoms with Crippen LogP contribution in [0.4, 0.5) is 0 Å². The van der Waals surface area contributed by atoms with Gasteiger partial charge < -0.3 is 9.88 Å². The minimum Gasteiger partial charge on any atom is -0.333 e. The van der Waals surface area contributed by atoms with E-state index in [9.17, 15) is 0 Å². The van der Waals surface area contributed by atoms with Crippen LogP contribution in [0.5, 0.6) is 0 Å². The van der Waals surface area contributed by atoms with E-state index in [4.69, 9.17) is 0 Å². The summed E-state index contributed by atoms with van der Waals surface area (Å²) < 4.78 is 2.33. The topological polar surface area (TPSA) is 29.9 Å². The molecule has 1 heterocycles. The first kappa shape index (κ1) is 11.6. The van der Waals surface area contributed by atoms with E-state index in [0.717, 1.165) is 19.6 Å². The second-order valence-corrected chi connectivity index (χ2v) is 5.31. The Labute approximate surface area is 98.3 Å². The number of hydrogen-bond donors (Lipinski definition) is 1. The molecular weight excluding hydrogens is 198 g/mol. The van der Waals surface area contributed by atoms with Crippen LogP contribution >= 0.6 is 0 Å². The third-order valence-electron chi connectivity index (χ3n) is 3.72. The largest absolute Gasteiger partial charge is 0.333 e. The zero-order chi connectivity index (χ0) is 11.4. The van der Waals surface area contributed by atoms with Crippen LogP contribution in [0, 0.1) is 5.41 Å². The Hall–Kier alpha value is -0.830. The van der Waals surface area contributed by atoms with Gasteiger partial charge in [0.05, 0.1) is 12.0 Å². The molecule has 1 saturated carbocycles. The molecule has 0 aliphatic heterocycles. The fourth-order valence-electron chi connectivity index (χ4n) is 2.69. The van der Waals surface area contributed by atoms with Crippen LogP contribution in [0.1, 0.15) is 45.2 Å². The van der Waals surface area contributed by atoms with Crippen molar-refractivity contribution in [3.8, 4) is 0 Å². The lowest BCUT2D eigenvalue weighted by Crippen LogP contribution is -2.22. The third-order valence-corrected chi connectivity index (χ3v) is 3.72. The molecule has 0 amide bonds. The van der Waals surface area contributed by atoms with Crippen molar-refractivity contribution in [2.45, 2.75) is 52.6 Å². The quantitative estimate of drug-likeness (QED) is 0.828. The van der Waals surface area contributed by atoms with Gasteiger partial charge in [0.25, 0.3) is 0 Å². The molecule has 0 atom stereocenters. The van der Waals surface area contributed by atoms with Gasteiger partial charge in [-0.3, -0.25) is 0 Å². The number of aromatic nitrogens is 2. The Bertz CT molecular complexity index is 324. The lowest BCUT2D eigenvalue weighted by Gasteiger charge is -2.25. The molecule has 1 N–H and O–H groups in total. The Morgan fingerprint density at radius 2 is 2.19 bits per heavy atom. The van der Waals surface area contributed by atoms with Gasteiger partial charge in [0.15, 0.2) is 0 Å². The SMILES string of the molecule is CCNCc1cncn1CC1(C)CCCC1. The van der Waals surface area contributed by atoms with E-state index in [1.807, 2.05) is 12.5 Å². The number of nitrogens with zero attached hydrogens (tertiary/aromatic N) is 2. The summed E-state index contributed by atoms with van der Waals surface area (Å²) in [5, 5.41) is 3.37. The Morgan fingerprint density at radius 1 is 1.44 bits per heavy atom. The highest BCUT2D eigenvalue weighted by atomic mass is 15.1. The molecule has 3 heteroatoms. The van der Waals surface area contributed by atoms with Gasteiger partial charge in [-0.2, -0.15) is 0 Å². The molecule has 0 saturated heterocycles. The van der Waals surface area contributed by atoms with Crippen molar-refractivity contribution in [3.63, 3.8) is 0 Å². The zero-order valence-electron chi connectivity index (χ0n) is 10.5. The Morgan fingerprint density at radius 3 is 2.88 bits per heavy atom. The molecule has 0 radical (unpaired) electrons. The van der Waals surface area contributed by atoms with E-state index in [2.05, 4.69) is 28.7 Å². The summed E-state index contributed by atoms with van der Waals surface area (Å²) in [5.41, 5.74) is 1.82. The van der Waals surface area contributed by atoms with Crippen LogP contribution in [0.3, 0.4) is 0 Å². The predicted molar refractivity (Wildman–Crippen MR) is 66.2 cm³/mol. The highest BCUT2D eigenvalue weighted by Crippen LogP contribution is 2.39. The maximum atomic E-state index is 4.27. The minimum atomic E-state index is 0.502. The molecule has 1 fully saturated rings. The van der Waals surface area contributed by atoms with Crippen molar-refractivity contribution in [2.24, 2.45) is 5.41 Å². The molecule has 1 aliphatic rings. The molecule has 1 aromatic rings. The van der Waals surface area contributed by atoms with E-state index >= 15 is 0 Å². The van der Waals surface area contributed by atoms with Crippen LogP contribution in [0.2, 0.25) is 0 Å². The van der Waals surface area contributed by atoms with Gasteiger partial charge in [0.1, 0.15) is 0 Å². The molecule has 1 aliphatic carbocycles. The van der Waals surface area contributed by atoms with E-state index in [0.29, 0.717) is 5.41 Å². The van der Waals surface area contributed by atoms with E-state index in [1.54, 1.807) is 0 Å². The number of nitrogens with one attached hydrogen (secondary N) is 1.